The van der Waals surface area contributed by atoms with Gasteiger partial charge in [-0.05, 0) is 26.3 Å². The molecule has 0 saturated carbocycles. The van der Waals surface area contributed by atoms with Crippen LogP contribution in [0, 0.1) is 10.1 Å². The quantitative estimate of drug-likeness (QED) is 0.609. The second-order valence-electron chi connectivity index (χ2n) is 6.15. The molecule has 0 unspecified atom stereocenters. The lowest BCUT2D eigenvalue weighted by Crippen LogP contribution is -2.56. The fraction of sp³-hybridized carbons (Fsp3) is 0.714. The number of amides is 1. The molecule has 1 amide bonds. The van der Waals surface area contributed by atoms with Crippen molar-refractivity contribution in [1.29, 1.82) is 0 Å². The van der Waals surface area contributed by atoms with Gasteiger partial charge in [-0.25, -0.2) is 0 Å². The Labute approximate surface area is 128 Å². The number of piperazine rings is 1. The lowest BCUT2D eigenvalue weighted by molar-refractivity contribution is -0.385. The number of hydrogen-bond donors (Lipinski definition) is 0. The highest BCUT2D eigenvalue weighted by Gasteiger charge is 2.36. The average Bonchev–Trinajstić information content (AvgIpc) is 3.12. The molecule has 8 nitrogen and oxygen atoms in total. The van der Waals surface area contributed by atoms with Crippen LogP contribution < -0.4 is 0 Å². The van der Waals surface area contributed by atoms with Gasteiger partial charge >= 0.3 is 5.69 Å². The van der Waals surface area contributed by atoms with Crippen molar-refractivity contribution in [2.24, 2.45) is 0 Å². The Morgan fingerprint density at radius 1 is 1.50 bits per heavy atom. The summed E-state index contributed by atoms with van der Waals surface area (Å²) in [6, 6.07) is 0.736. The standard InChI is InChI=1S/C14H21N5O3/c1-11-8-16-5-2-3-12(16)10-18(11)14(20)4-6-17-9-13(7-15-17)19(21)22/h7,9,11-12H,2-6,8,10H2,1H3/t11-,12-/m1/s1. The second-order valence-corrected chi connectivity index (χ2v) is 6.15. The van der Waals surface area contributed by atoms with Gasteiger partial charge in [-0.15, -0.1) is 0 Å². The van der Waals surface area contributed by atoms with E-state index in [0.717, 1.165) is 19.6 Å². The van der Waals surface area contributed by atoms with Crippen LogP contribution in [-0.4, -0.2) is 62.1 Å². The van der Waals surface area contributed by atoms with Gasteiger partial charge in [-0.2, -0.15) is 5.10 Å². The molecule has 8 heteroatoms. The Morgan fingerprint density at radius 2 is 2.32 bits per heavy atom. The molecule has 0 aliphatic carbocycles. The molecular formula is C14H21N5O3. The van der Waals surface area contributed by atoms with E-state index in [1.165, 1.54) is 29.9 Å². The van der Waals surface area contributed by atoms with E-state index in [4.69, 9.17) is 0 Å². The van der Waals surface area contributed by atoms with Crippen molar-refractivity contribution in [2.45, 2.75) is 44.8 Å². The van der Waals surface area contributed by atoms with E-state index in [1.807, 2.05) is 4.90 Å². The average molecular weight is 307 g/mol. The summed E-state index contributed by atoms with van der Waals surface area (Å²) < 4.78 is 1.46. The van der Waals surface area contributed by atoms with E-state index < -0.39 is 4.92 Å². The second kappa shape index (κ2) is 6.04. The molecule has 22 heavy (non-hydrogen) atoms. The lowest BCUT2D eigenvalue weighted by Gasteiger charge is -2.42. The van der Waals surface area contributed by atoms with E-state index >= 15 is 0 Å². The van der Waals surface area contributed by atoms with Crippen LogP contribution in [0.2, 0.25) is 0 Å². The highest BCUT2D eigenvalue weighted by Crippen LogP contribution is 2.25. The third kappa shape index (κ3) is 2.96. The molecule has 120 valence electrons. The van der Waals surface area contributed by atoms with Crippen molar-refractivity contribution < 1.29 is 9.72 Å². The van der Waals surface area contributed by atoms with Crippen LogP contribution in [0.1, 0.15) is 26.2 Å². The molecule has 0 N–H and O–H groups in total. The minimum absolute atomic E-state index is 0.0413. The zero-order chi connectivity index (χ0) is 15.7. The molecule has 3 heterocycles. The number of aryl methyl sites for hydroxylation is 1. The summed E-state index contributed by atoms with van der Waals surface area (Å²) in [6.07, 6.45) is 5.30. The van der Waals surface area contributed by atoms with E-state index in [1.54, 1.807) is 0 Å². The van der Waals surface area contributed by atoms with Gasteiger partial charge in [0.05, 0.1) is 4.92 Å². The SMILES string of the molecule is C[C@@H]1CN2CCC[C@@H]2CN1C(=O)CCn1cc([N+](=O)[O-])cn1. The van der Waals surface area contributed by atoms with E-state index in [9.17, 15) is 14.9 Å². The van der Waals surface area contributed by atoms with Gasteiger partial charge in [-0.3, -0.25) is 24.5 Å². The number of hydrogen-bond acceptors (Lipinski definition) is 5. The Balaban J connectivity index is 1.55. The smallest absolute Gasteiger partial charge is 0.306 e. The van der Waals surface area contributed by atoms with Gasteiger partial charge in [0.2, 0.25) is 5.91 Å². The van der Waals surface area contributed by atoms with Crippen molar-refractivity contribution in [1.82, 2.24) is 19.6 Å². The maximum atomic E-state index is 12.4. The van der Waals surface area contributed by atoms with Gasteiger partial charge in [0.1, 0.15) is 12.4 Å². The molecule has 2 aliphatic heterocycles. The van der Waals surface area contributed by atoms with E-state index in [2.05, 4.69) is 16.9 Å². The maximum absolute atomic E-state index is 12.4. The fourth-order valence-electron chi connectivity index (χ4n) is 3.46. The number of carbonyl (C=O) groups excluding carboxylic acids is 1. The predicted molar refractivity (Wildman–Crippen MR) is 79.3 cm³/mol. The van der Waals surface area contributed by atoms with Crippen LogP contribution >= 0.6 is 0 Å². The van der Waals surface area contributed by atoms with Gasteiger partial charge < -0.3 is 4.90 Å². The molecule has 2 saturated heterocycles. The number of nitro groups is 1. The summed E-state index contributed by atoms with van der Waals surface area (Å²) in [5.74, 6) is 0.109. The fourth-order valence-corrected chi connectivity index (χ4v) is 3.46. The first-order chi connectivity index (χ1) is 10.5. The first-order valence-electron chi connectivity index (χ1n) is 7.75. The minimum Gasteiger partial charge on any atom is -0.337 e. The molecule has 1 aromatic heterocycles. The molecule has 1 aromatic rings. The maximum Gasteiger partial charge on any atom is 0.306 e. The Hall–Kier alpha value is -1.96. The molecule has 0 aromatic carbocycles. The summed E-state index contributed by atoms with van der Waals surface area (Å²) in [4.78, 5) is 27.0. The van der Waals surface area contributed by atoms with Crippen LogP contribution in [0.4, 0.5) is 5.69 Å². The lowest BCUT2D eigenvalue weighted by atomic mass is 10.1. The summed E-state index contributed by atoms with van der Waals surface area (Å²) in [7, 11) is 0. The van der Waals surface area contributed by atoms with E-state index in [0.29, 0.717) is 19.0 Å². The number of fused-ring (bicyclic) bond motifs is 1. The van der Waals surface area contributed by atoms with Gasteiger partial charge in [0, 0.05) is 38.1 Å². The van der Waals surface area contributed by atoms with Crippen molar-refractivity contribution >= 4 is 11.6 Å². The molecule has 3 rings (SSSR count). The molecule has 0 radical (unpaired) electrons. The van der Waals surface area contributed by atoms with Crippen LogP contribution in [0.15, 0.2) is 12.4 Å². The molecule has 2 aliphatic rings. The Kier molecular flexibility index (Phi) is 4.10. The first-order valence-corrected chi connectivity index (χ1v) is 7.75. The van der Waals surface area contributed by atoms with Crippen LogP contribution in [0.25, 0.3) is 0 Å². The van der Waals surface area contributed by atoms with Gasteiger partial charge in [0.25, 0.3) is 0 Å². The zero-order valence-corrected chi connectivity index (χ0v) is 12.7. The highest BCUT2D eigenvalue weighted by molar-refractivity contribution is 5.76. The molecule has 2 fully saturated rings. The van der Waals surface area contributed by atoms with Crippen molar-refractivity contribution in [3.05, 3.63) is 22.5 Å². The Bertz CT molecular complexity index is 573. The monoisotopic (exact) mass is 307 g/mol. The largest absolute Gasteiger partial charge is 0.337 e. The summed E-state index contributed by atoms with van der Waals surface area (Å²) >= 11 is 0. The summed E-state index contributed by atoms with van der Waals surface area (Å²) in [5, 5.41) is 14.5. The van der Waals surface area contributed by atoms with E-state index in [-0.39, 0.29) is 17.6 Å². The Morgan fingerprint density at radius 3 is 3.05 bits per heavy atom. The van der Waals surface area contributed by atoms with Gasteiger partial charge in [0.15, 0.2) is 0 Å². The first kappa shape index (κ1) is 15.0. The third-order valence-corrected chi connectivity index (χ3v) is 4.64. The number of aromatic nitrogens is 2. The van der Waals surface area contributed by atoms with Crippen molar-refractivity contribution in [2.75, 3.05) is 19.6 Å². The third-order valence-electron chi connectivity index (χ3n) is 4.64. The molecule has 0 spiro atoms. The van der Waals surface area contributed by atoms with Crippen LogP contribution in [0.5, 0.6) is 0 Å². The van der Waals surface area contributed by atoms with Crippen LogP contribution in [0.3, 0.4) is 0 Å². The highest BCUT2D eigenvalue weighted by atomic mass is 16.6. The normalized spacial score (nSPS) is 25.2. The zero-order valence-electron chi connectivity index (χ0n) is 12.7. The summed E-state index contributed by atoms with van der Waals surface area (Å²) in [6.45, 7) is 5.37. The van der Waals surface area contributed by atoms with Crippen molar-refractivity contribution in [3.8, 4) is 0 Å². The topological polar surface area (TPSA) is 84.5 Å². The number of carbonyl (C=O) groups is 1. The van der Waals surface area contributed by atoms with Crippen molar-refractivity contribution in [3.63, 3.8) is 0 Å². The van der Waals surface area contributed by atoms with Crippen LogP contribution in [-0.2, 0) is 11.3 Å². The molecule has 2 atom stereocenters. The molecule has 0 bridgehead atoms. The van der Waals surface area contributed by atoms with Gasteiger partial charge in [-0.1, -0.05) is 0 Å². The molecular weight excluding hydrogens is 286 g/mol. The number of nitrogens with zero attached hydrogens (tertiary/aromatic N) is 5. The minimum atomic E-state index is -0.479. The number of rotatable bonds is 4. The predicted octanol–water partition coefficient (Wildman–Crippen LogP) is 0.876. The summed E-state index contributed by atoms with van der Waals surface area (Å²) in [5.41, 5.74) is -0.0413.